The first-order valence-corrected chi connectivity index (χ1v) is 7.49. The van der Waals surface area contributed by atoms with Crippen molar-refractivity contribution in [1.82, 2.24) is 4.90 Å². The smallest absolute Gasteiger partial charge is 0.204 e. The molecule has 0 N–H and O–H groups in total. The second-order valence-corrected chi connectivity index (χ2v) is 6.25. The molecule has 0 amide bonds. The number of nitrogens with zero attached hydrogens (tertiary/aromatic N) is 2. The monoisotopic (exact) mass is 273 g/mol. The zero-order chi connectivity index (χ0) is 14.6. The van der Waals surface area contributed by atoms with Gasteiger partial charge >= 0.3 is 0 Å². The normalized spacial score (nSPS) is 17.2. The number of hydrogen-bond acceptors (Lipinski definition) is 3. The molecule has 0 spiro atoms. The van der Waals surface area contributed by atoms with Crippen molar-refractivity contribution in [1.29, 1.82) is 0 Å². The lowest BCUT2D eigenvalue weighted by Crippen LogP contribution is -2.46. The van der Waals surface area contributed by atoms with Crippen LogP contribution < -0.4 is 4.90 Å². The van der Waals surface area contributed by atoms with Gasteiger partial charge in [0.25, 0.3) is 0 Å². The predicted molar refractivity (Wildman–Crippen MR) is 83.9 cm³/mol. The summed E-state index contributed by atoms with van der Waals surface area (Å²) in [6.45, 7) is 11.7. The summed E-state index contributed by atoms with van der Waals surface area (Å²) >= 11 is 0. The first-order valence-electron chi connectivity index (χ1n) is 7.49. The molecule has 1 aliphatic heterocycles. The van der Waals surface area contributed by atoms with Crippen molar-refractivity contribution in [2.24, 2.45) is 5.41 Å². The van der Waals surface area contributed by atoms with Crippen LogP contribution in [0.4, 0.5) is 5.69 Å². The van der Waals surface area contributed by atoms with Gasteiger partial charge in [0.1, 0.15) is 0 Å². The van der Waals surface area contributed by atoms with Gasteiger partial charge in [-0.2, -0.15) is 0 Å². The van der Waals surface area contributed by atoms with Crippen LogP contribution in [0.2, 0.25) is 0 Å². The maximum absolute atomic E-state index is 10.9. The maximum atomic E-state index is 10.9. The molecule has 0 unspecified atom stereocenters. The summed E-state index contributed by atoms with van der Waals surface area (Å²) in [6, 6.07) is 8.64. The molecule has 0 saturated carbocycles. The van der Waals surface area contributed by atoms with Crippen LogP contribution >= 0.6 is 0 Å². The van der Waals surface area contributed by atoms with E-state index in [1.165, 1.54) is 11.3 Å². The molecule has 20 heavy (non-hydrogen) atoms. The summed E-state index contributed by atoms with van der Waals surface area (Å²) in [4.78, 5) is 15.8. The Morgan fingerprint density at radius 2 is 1.70 bits per heavy atom. The quantitative estimate of drug-likeness (QED) is 0.823. The molecule has 3 nitrogen and oxygen atoms in total. The van der Waals surface area contributed by atoms with Gasteiger partial charge < -0.3 is 9.80 Å². The van der Waals surface area contributed by atoms with Crippen LogP contribution in [0.15, 0.2) is 24.3 Å². The van der Waals surface area contributed by atoms with E-state index in [9.17, 15) is 4.79 Å². The number of anilines is 1. The summed E-state index contributed by atoms with van der Waals surface area (Å²) in [5.74, 6) is 0. The average molecular weight is 273 g/mol. The van der Waals surface area contributed by atoms with Gasteiger partial charge in [0, 0.05) is 37.3 Å². The highest BCUT2D eigenvalue weighted by molar-refractivity contribution is 5.60. The molecule has 0 atom stereocenters. The van der Waals surface area contributed by atoms with E-state index in [1.807, 2.05) is 13.8 Å². The van der Waals surface area contributed by atoms with Crippen molar-refractivity contribution >= 4 is 12.0 Å². The predicted octanol–water partition coefficient (Wildman–Crippen LogP) is 2.51. The number of piperazine rings is 1. The fourth-order valence-electron chi connectivity index (χ4n) is 2.69. The van der Waals surface area contributed by atoms with E-state index in [1.54, 1.807) is 0 Å². The zero-order valence-electron chi connectivity index (χ0n) is 12.9. The molecule has 1 aliphatic rings. The van der Waals surface area contributed by atoms with E-state index < -0.39 is 5.41 Å². The molecule has 1 aromatic carbocycles. The van der Waals surface area contributed by atoms with Crippen LogP contribution in [-0.2, 0) is 11.2 Å². The first kappa shape index (κ1) is 15.0. The van der Waals surface area contributed by atoms with Gasteiger partial charge in [0.05, 0.1) is 0 Å². The average Bonchev–Trinajstić information content (AvgIpc) is 2.48. The second kappa shape index (κ2) is 6.40. The lowest BCUT2D eigenvalue weighted by atomic mass is 9.87. The Labute approximate surface area is 122 Å². The lowest BCUT2D eigenvalue weighted by molar-refractivity contribution is 0.271. The molecule has 1 radical (unpaired) electrons. The minimum Gasteiger partial charge on any atom is -0.369 e. The number of rotatable bonds is 5. The highest BCUT2D eigenvalue weighted by Crippen LogP contribution is 2.22. The lowest BCUT2D eigenvalue weighted by Gasteiger charge is -2.35. The number of carbonyl (C=O) groups excluding carboxylic acids is 1. The van der Waals surface area contributed by atoms with Crippen LogP contribution in [0.3, 0.4) is 0 Å². The van der Waals surface area contributed by atoms with Crippen molar-refractivity contribution in [2.75, 3.05) is 37.6 Å². The topological polar surface area (TPSA) is 23.6 Å². The van der Waals surface area contributed by atoms with Gasteiger partial charge in [-0.15, -0.1) is 0 Å². The van der Waals surface area contributed by atoms with Gasteiger partial charge in [-0.3, -0.25) is 4.79 Å². The molecule has 0 bridgehead atoms. The van der Waals surface area contributed by atoms with E-state index in [4.69, 9.17) is 0 Å². The molecule has 3 heteroatoms. The molecule has 109 valence electrons. The summed E-state index contributed by atoms with van der Waals surface area (Å²) in [5, 5.41) is 0. The van der Waals surface area contributed by atoms with Gasteiger partial charge in [0.2, 0.25) is 6.29 Å². The third kappa shape index (κ3) is 3.83. The summed E-state index contributed by atoms with van der Waals surface area (Å²) < 4.78 is 0. The first-order chi connectivity index (χ1) is 9.54. The Balaban J connectivity index is 1.97. The van der Waals surface area contributed by atoms with Gasteiger partial charge in [-0.25, -0.2) is 0 Å². The molecule has 1 fully saturated rings. The Bertz CT molecular complexity index is 431. The fourth-order valence-corrected chi connectivity index (χ4v) is 2.69. The summed E-state index contributed by atoms with van der Waals surface area (Å²) in [7, 11) is 0. The standard InChI is InChI=1S/C17H25N2O/c1-4-18-9-11-19(12-10-18)16-7-5-15(6-8-16)13-17(2,3)14-20/h5-8H,4,9-13H2,1-3H3. The number of benzene rings is 1. The Hall–Kier alpha value is -1.35. The number of hydrogen-bond donors (Lipinski definition) is 0. The highest BCUT2D eigenvalue weighted by atomic mass is 16.1. The SMILES string of the molecule is CCN1CCN(c2ccc(CC(C)(C)[C]=O)cc2)CC1. The minimum atomic E-state index is -0.395. The molecule has 1 heterocycles. The van der Waals surface area contributed by atoms with Gasteiger partial charge in [-0.1, -0.05) is 32.9 Å². The molecule has 1 aromatic rings. The van der Waals surface area contributed by atoms with Crippen molar-refractivity contribution in [3.63, 3.8) is 0 Å². The van der Waals surface area contributed by atoms with Gasteiger partial charge in [0.15, 0.2) is 0 Å². The molecule has 0 aromatic heterocycles. The summed E-state index contributed by atoms with van der Waals surface area (Å²) in [6.07, 6.45) is 2.86. The van der Waals surface area contributed by atoms with E-state index in [0.717, 1.165) is 39.1 Å². The molecular formula is C17H25N2O. The van der Waals surface area contributed by atoms with Crippen LogP contribution in [0.25, 0.3) is 0 Å². The molecular weight excluding hydrogens is 248 g/mol. The Morgan fingerprint density at radius 3 is 2.20 bits per heavy atom. The fraction of sp³-hybridized carbons (Fsp3) is 0.588. The van der Waals surface area contributed by atoms with Crippen LogP contribution in [-0.4, -0.2) is 43.9 Å². The van der Waals surface area contributed by atoms with Crippen molar-refractivity contribution < 1.29 is 4.79 Å². The van der Waals surface area contributed by atoms with Crippen LogP contribution in [0.5, 0.6) is 0 Å². The van der Waals surface area contributed by atoms with Crippen molar-refractivity contribution in [3.05, 3.63) is 29.8 Å². The largest absolute Gasteiger partial charge is 0.369 e. The van der Waals surface area contributed by atoms with Crippen molar-refractivity contribution in [3.8, 4) is 0 Å². The Morgan fingerprint density at radius 1 is 1.10 bits per heavy atom. The third-order valence-electron chi connectivity index (χ3n) is 4.04. The van der Waals surface area contributed by atoms with Gasteiger partial charge in [-0.05, 0) is 30.7 Å². The maximum Gasteiger partial charge on any atom is 0.204 e. The second-order valence-electron chi connectivity index (χ2n) is 6.25. The minimum absolute atomic E-state index is 0.395. The highest BCUT2D eigenvalue weighted by Gasteiger charge is 2.19. The Kier molecular flexibility index (Phi) is 4.81. The van der Waals surface area contributed by atoms with E-state index >= 15 is 0 Å². The van der Waals surface area contributed by atoms with Crippen LogP contribution in [0.1, 0.15) is 26.3 Å². The number of likely N-dealkylation sites (N-methyl/N-ethyl adjacent to an activating group) is 1. The third-order valence-corrected chi connectivity index (χ3v) is 4.04. The van der Waals surface area contributed by atoms with E-state index in [2.05, 4.69) is 47.3 Å². The van der Waals surface area contributed by atoms with Crippen LogP contribution in [0, 0.1) is 5.41 Å². The summed E-state index contributed by atoms with van der Waals surface area (Å²) in [5.41, 5.74) is 2.10. The van der Waals surface area contributed by atoms with E-state index in [-0.39, 0.29) is 0 Å². The van der Waals surface area contributed by atoms with Crippen molar-refractivity contribution in [2.45, 2.75) is 27.2 Å². The molecule has 0 aliphatic carbocycles. The molecule has 1 saturated heterocycles. The van der Waals surface area contributed by atoms with E-state index in [0.29, 0.717) is 0 Å². The molecule has 2 rings (SSSR count). The zero-order valence-corrected chi connectivity index (χ0v) is 12.9.